The summed E-state index contributed by atoms with van der Waals surface area (Å²) in [5.41, 5.74) is 1.35. The van der Waals surface area contributed by atoms with Gasteiger partial charge in [0.25, 0.3) is 0 Å². The van der Waals surface area contributed by atoms with Crippen LogP contribution in [0.2, 0.25) is 0 Å². The maximum absolute atomic E-state index is 10.6. The van der Waals surface area contributed by atoms with Crippen molar-refractivity contribution in [3.05, 3.63) is 35.9 Å². The molecule has 0 spiro atoms. The Kier molecular flexibility index (Phi) is 2.94. The van der Waals surface area contributed by atoms with E-state index in [1.807, 2.05) is 6.07 Å². The fraction of sp³-hybridized carbons (Fsp3) is 0.417. The molecule has 0 N–H and O–H groups in total. The molecular weight excluding hydrogens is 174 g/mol. The summed E-state index contributed by atoms with van der Waals surface area (Å²) in [6.45, 7) is 2.09. The number of likely N-dealkylation sites (tertiary alicyclic amines) is 1. The minimum absolute atomic E-state index is 0.193. The predicted octanol–water partition coefficient (Wildman–Crippen LogP) is 1.50. The van der Waals surface area contributed by atoms with Gasteiger partial charge in [-0.15, -0.1) is 0 Å². The van der Waals surface area contributed by atoms with Gasteiger partial charge in [0.2, 0.25) is 0 Å². The van der Waals surface area contributed by atoms with Crippen LogP contribution in [0.3, 0.4) is 0 Å². The first-order valence-corrected chi connectivity index (χ1v) is 5.13. The van der Waals surface area contributed by atoms with Crippen molar-refractivity contribution in [3.63, 3.8) is 0 Å². The Bertz CT molecular complexity index is 296. The van der Waals surface area contributed by atoms with Crippen LogP contribution in [-0.4, -0.2) is 30.3 Å². The molecular formula is C12H15NO. The van der Waals surface area contributed by atoms with Gasteiger partial charge in [-0.1, -0.05) is 30.3 Å². The maximum Gasteiger partial charge on any atom is 0.137 e. The molecule has 1 fully saturated rings. The Morgan fingerprint density at radius 2 is 2.14 bits per heavy atom. The molecule has 0 radical (unpaired) electrons. The molecule has 0 bridgehead atoms. The number of hydrogen-bond donors (Lipinski definition) is 0. The molecule has 0 saturated carbocycles. The van der Waals surface area contributed by atoms with Crippen molar-refractivity contribution < 1.29 is 4.79 Å². The zero-order valence-corrected chi connectivity index (χ0v) is 8.23. The van der Waals surface area contributed by atoms with Crippen molar-refractivity contribution in [3.8, 4) is 0 Å². The van der Waals surface area contributed by atoms with Crippen molar-refractivity contribution in [2.75, 3.05) is 13.1 Å². The molecule has 1 saturated heterocycles. The van der Waals surface area contributed by atoms with E-state index < -0.39 is 0 Å². The number of benzene rings is 1. The van der Waals surface area contributed by atoms with Crippen LogP contribution in [0.1, 0.15) is 12.0 Å². The van der Waals surface area contributed by atoms with Crippen LogP contribution in [-0.2, 0) is 11.2 Å². The van der Waals surface area contributed by atoms with Gasteiger partial charge in [0, 0.05) is 13.1 Å². The SMILES string of the molecule is O=CC1CCN1CCc1ccccc1. The van der Waals surface area contributed by atoms with E-state index in [0.29, 0.717) is 0 Å². The third-order valence-electron chi connectivity index (χ3n) is 2.87. The number of aldehydes is 1. The number of hydrogen-bond acceptors (Lipinski definition) is 2. The fourth-order valence-corrected chi connectivity index (χ4v) is 1.81. The maximum atomic E-state index is 10.6. The second-order valence-electron chi connectivity index (χ2n) is 3.76. The lowest BCUT2D eigenvalue weighted by Gasteiger charge is -2.37. The normalized spacial score (nSPS) is 21.6. The van der Waals surface area contributed by atoms with Crippen molar-refractivity contribution in [1.82, 2.24) is 4.90 Å². The average molecular weight is 189 g/mol. The quantitative estimate of drug-likeness (QED) is 0.669. The third kappa shape index (κ3) is 2.02. The highest BCUT2D eigenvalue weighted by Crippen LogP contribution is 2.15. The minimum atomic E-state index is 0.193. The van der Waals surface area contributed by atoms with E-state index in [2.05, 4.69) is 29.2 Å². The van der Waals surface area contributed by atoms with Crippen LogP contribution in [0, 0.1) is 0 Å². The molecule has 2 nitrogen and oxygen atoms in total. The lowest BCUT2D eigenvalue weighted by molar-refractivity contribution is -0.116. The molecule has 2 heteroatoms. The van der Waals surface area contributed by atoms with E-state index in [-0.39, 0.29) is 6.04 Å². The van der Waals surface area contributed by atoms with E-state index in [1.165, 1.54) is 5.56 Å². The molecule has 74 valence electrons. The first kappa shape index (κ1) is 9.41. The van der Waals surface area contributed by atoms with Crippen molar-refractivity contribution in [2.24, 2.45) is 0 Å². The highest BCUT2D eigenvalue weighted by Gasteiger charge is 2.26. The van der Waals surface area contributed by atoms with Gasteiger partial charge in [-0.2, -0.15) is 0 Å². The van der Waals surface area contributed by atoms with Gasteiger partial charge in [-0.25, -0.2) is 0 Å². The van der Waals surface area contributed by atoms with Gasteiger partial charge in [0.05, 0.1) is 6.04 Å². The fourth-order valence-electron chi connectivity index (χ4n) is 1.81. The largest absolute Gasteiger partial charge is 0.302 e. The molecule has 1 aliphatic heterocycles. The van der Waals surface area contributed by atoms with Gasteiger partial charge >= 0.3 is 0 Å². The Balaban J connectivity index is 1.80. The highest BCUT2D eigenvalue weighted by molar-refractivity contribution is 5.59. The van der Waals surface area contributed by atoms with E-state index in [0.717, 1.165) is 32.2 Å². The van der Waals surface area contributed by atoms with Crippen LogP contribution < -0.4 is 0 Å². The van der Waals surface area contributed by atoms with Crippen LogP contribution in [0.5, 0.6) is 0 Å². The predicted molar refractivity (Wildman–Crippen MR) is 56.2 cm³/mol. The van der Waals surface area contributed by atoms with Gasteiger partial charge in [-0.3, -0.25) is 4.90 Å². The summed E-state index contributed by atoms with van der Waals surface area (Å²) in [6, 6.07) is 10.6. The summed E-state index contributed by atoms with van der Waals surface area (Å²) in [5, 5.41) is 0. The second-order valence-corrected chi connectivity index (χ2v) is 3.76. The van der Waals surface area contributed by atoms with Crippen LogP contribution >= 0.6 is 0 Å². The number of rotatable bonds is 4. The minimum Gasteiger partial charge on any atom is -0.302 e. The van der Waals surface area contributed by atoms with Crippen molar-refractivity contribution in [1.29, 1.82) is 0 Å². The summed E-state index contributed by atoms with van der Waals surface area (Å²) >= 11 is 0. The number of carbonyl (C=O) groups is 1. The lowest BCUT2D eigenvalue weighted by atomic mass is 10.0. The highest BCUT2D eigenvalue weighted by atomic mass is 16.1. The summed E-state index contributed by atoms with van der Waals surface area (Å²) in [4.78, 5) is 12.8. The monoisotopic (exact) mass is 189 g/mol. The number of carbonyl (C=O) groups excluding carboxylic acids is 1. The zero-order valence-electron chi connectivity index (χ0n) is 8.23. The van der Waals surface area contributed by atoms with Gasteiger partial charge in [0.15, 0.2) is 0 Å². The molecule has 0 aromatic heterocycles. The summed E-state index contributed by atoms with van der Waals surface area (Å²) in [5.74, 6) is 0. The molecule has 1 unspecified atom stereocenters. The molecule has 2 rings (SSSR count). The molecule has 0 amide bonds. The first-order chi connectivity index (χ1) is 6.90. The molecule has 1 aromatic rings. The topological polar surface area (TPSA) is 20.3 Å². The zero-order chi connectivity index (χ0) is 9.80. The molecule has 14 heavy (non-hydrogen) atoms. The Morgan fingerprint density at radius 3 is 2.71 bits per heavy atom. The van der Waals surface area contributed by atoms with E-state index >= 15 is 0 Å². The Labute approximate surface area is 84.5 Å². The summed E-state index contributed by atoms with van der Waals surface area (Å²) in [6.07, 6.45) is 3.15. The van der Waals surface area contributed by atoms with Crippen molar-refractivity contribution in [2.45, 2.75) is 18.9 Å². The first-order valence-electron chi connectivity index (χ1n) is 5.13. The van der Waals surface area contributed by atoms with E-state index in [1.54, 1.807) is 0 Å². The van der Waals surface area contributed by atoms with Gasteiger partial charge < -0.3 is 4.79 Å². The van der Waals surface area contributed by atoms with E-state index in [4.69, 9.17) is 0 Å². The van der Waals surface area contributed by atoms with Crippen LogP contribution in [0.4, 0.5) is 0 Å². The lowest BCUT2D eigenvalue weighted by Crippen LogP contribution is -2.49. The van der Waals surface area contributed by atoms with Crippen LogP contribution in [0.25, 0.3) is 0 Å². The summed E-state index contributed by atoms with van der Waals surface area (Å²) < 4.78 is 0. The van der Waals surface area contributed by atoms with Gasteiger partial charge in [0.1, 0.15) is 6.29 Å². The standard InChI is InChI=1S/C12H15NO/c14-10-12-7-9-13(12)8-6-11-4-2-1-3-5-11/h1-5,10,12H,6-9H2. The third-order valence-corrected chi connectivity index (χ3v) is 2.87. The molecule has 1 atom stereocenters. The number of nitrogens with zero attached hydrogens (tertiary/aromatic N) is 1. The Hall–Kier alpha value is -1.15. The molecule has 0 aliphatic carbocycles. The van der Waals surface area contributed by atoms with Crippen molar-refractivity contribution >= 4 is 6.29 Å². The molecule has 1 heterocycles. The van der Waals surface area contributed by atoms with Gasteiger partial charge in [-0.05, 0) is 18.4 Å². The average Bonchev–Trinajstić information content (AvgIpc) is 2.19. The summed E-state index contributed by atoms with van der Waals surface area (Å²) in [7, 11) is 0. The smallest absolute Gasteiger partial charge is 0.137 e. The molecule has 1 aliphatic rings. The second kappa shape index (κ2) is 4.38. The van der Waals surface area contributed by atoms with E-state index in [9.17, 15) is 4.79 Å². The Morgan fingerprint density at radius 1 is 1.36 bits per heavy atom. The molecule has 1 aromatic carbocycles. The van der Waals surface area contributed by atoms with Crippen LogP contribution in [0.15, 0.2) is 30.3 Å².